The fourth-order valence-corrected chi connectivity index (χ4v) is 3.41. The first-order chi connectivity index (χ1) is 16.5. The summed E-state index contributed by atoms with van der Waals surface area (Å²) in [5, 5.41) is 16.7. The van der Waals surface area contributed by atoms with Gasteiger partial charge in [0.05, 0.1) is 18.2 Å². The molecule has 0 spiro atoms. The number of fused-ring (bicyclic) bond motifs is 1. The Hall–Kier alpha value is -4.72. The molecule has 0 aliphatic heterocycles. The highest BCUT2D eigenvalue weighted by molar-refractivity contribution is 6.07. The minimum Gasteiger partial charge on any atom is -0.493 e. The van der Waals surface area contributed by atoms with Gasteiger partial charge in [0, 0.05) is 17.7 Å². The molecular formula is C26H21N3O5. The van der Waals surface area contributed by atoms with Crippen molar-refractivity contribution in [2.45, 2.75) is 6.61 Å². The van der Waals surface area contributed by atoms with Crippen LogP contribution in [0.15, 0.2) is 90.0 Å². The van der Waals surface area contributed by atoms with Crippen LogP contribution in [0.4, 0.5) is 5.69 Å². The van der Waals surface area contributed by atoms with Gasteiger partial charge in [-0.3, -0.25) is 14.9 Å². The minimum absolute atomic E-state index is 0.0255. The number of amides is 1. The predicted molar refractivity (Wildman–Crippen MR) is 129 cm³/mol. The molecule has 34 heavy (non-hydrogen) atoms. The number of ether oxygens (including phenoxy) is 2. The normalized spacial score (nSPS) is 10.9. The molecule has 0 fully saturated rings. The van der Waals surface area contributed by atoms with E-state index in [0.717, 1.165) is 16.3 Å². The number of nitrogens with zero attached hydrogens (tertiary/aromatic N) is 2. The summed E-state index contributed by atoms with van der Waals surface area (Å²) in [7, 11) is 1.53. The van der Waals surface area contributed by atoms with Crippen molar-refractivity contribution in [3.05, 3.63) is 112 Å². The Labute approximate surface area is 195 Å². The monoisotopic (exact) mass is 455 g/mol. The van der Waals surface area contributed by atoms with Crippen molar-refractivity contribution in [3.63, 3.8) is 0 Å². The van der Waals surface area contributed by atoms with Crippen molar-refractivity contribution < 1.29 is 19.2 Å². The quantitative estimate of drug-likeness (QED) is 0.226. The number of nitro groups is 1. The molecule has 0 aliphatic rings. The topological polar surface area (TPSA) is 103 Å². The number of carbonyl (C=O) groups is 1. The number of non-ortho nitro benzene ring substituents is 1. The van der Waals surface area contributed by atoms with Gasteiger partial charge in [-0.1, -0.05) is 36.4 Å². The van der Waals surface area contributed by atoms with Crippen LogP contribution in [-0.2, 0) is 6.61 Å². The molecule has 0 heterocycles. The Bertz CT molecular complexity index is 1360. The van der Waals surface area contributed by atoms with Gasteiger partial charge in [0.25, 0.3) is 11.6 Å². The van der Waals surface area contributed by atoms with Crippen molar-refractivity contribution in [3.8, 4) is 11.5 Å². The summed E-state index contributed by atoms with van der Waals surface area (Å²) < 4.78 is 11.2. The van der Waals surface area contributed by atoms with Crippen molar-refractivity contribution in [2.24, 2.45) is 5.10 Å². The predicted octanol–water partition coefficient (Wildman–Crippen LogP) is 5.10. The van der Waals surface area contributed by atoms with Gasteiger partial charge < -0.3 is 9.47 Å². The zero-order chi connectivity index (χ0) is 23.9. The van der Waals surface area contributed by atoms with Crippen molar-refractivity contribution >= 4 is 28.6 Å². The van der Waals surface area contributed by atoms with Crippen molar-refractivity contribution in [2.75, 3.05) is 7.11 Å². The van der Waals surface area contributed by atoms with E-state index in [2.05, 4.69) is 10.5 Å². The summed E-state index contributed by atoms with van der Waals surface area (Å²) in [6.07, 6.45) is 1.52. The lowest BCUT2D eigenvalue weighted by atomic mass is 10.0. The highest BCUT2D eigenvalue weighted by atomic mass is 16.6. The number of methoxy groups -OCH3 is 1. The molecule has 170 valence electrons. The van der Waals surface area contributed by atoms with E-state index < -0.39 is 4.92 Å². The first-order valence-electron chi connectivity index (χ1n) is 10.4. The molecule has 4 aromatic carbocycles. The third-order valence-corrected chi connectivity index (χ3v) is 5.14. The van der Waals surface area contributed by atoms with Crippen LogP contribution in [0.3, 0.4) is 0 Å². The highest BCUT2D eigenvalue weighted by Crippen LogP contribution is 2.28. The molecule has 0 unspecified atom stereocenters. The minimum atomic E-state index is -0.446. The van der Waals surface area contributed by atoms with E-state index in [0.29, 0.717) is 22.6 Å². The molecule has 4 rings (SSSR count). The summed E-state index contributed by atoms with van der Waals surface area (Å²) in [6, 6.07) is 24.6. The van der Waals surface area contributed by atoms with E-state index in [1.807, 2.05) is 36.4 Å². The van der Waals surface area contributed by atoms with Gasteiger partial charge in [-0.15, -0.1) is 0 Å². The Kier molecular flexibility index (Phi) is 6.78. The average Bonchev–Trinajstić information content (AvgIpc) is 2.87. The second kappa shape index (κ2) is 10.3. The summed E-state index contributed by atoms with van der Waals surface area (Å²) in [4.78, 5) is 22.9. The summed E-state index contributed by atoms with van der Waals surface area (Å²) in [5.41, 5.74) is 4.62. The van der Waals surface area contributed by atoms with Gasteiger partial charge in [0.2, 0.25) is 0 Å². The number of hydrogen-bond acceptors (Lipinski definition) is 6. The lowest BCUT2D eigenvalue weighted by Crippen LogP contribution is -2.17. The largest absolute Gasteiger partial charge is 0.493 e. The zero-order valence-corrected chi connectivity index (χ0v) is 18.3. The van der Waals surface area contributed by atoms with Crippen LogP contribution in [0.1, 0.15) is 21.5 Å². The third kappa shape index (κ3) is 5.18. The molecule has 8 nitrogen and oxygen atoms in total. The second-order valence-corrected chi connectivity index (χ2v) is 7.35. The fraction of sp³-hybridized carbons (Fsp3) is 0.0769. The standard InChI is InChI=1S/C26H21N3O5/c1-33-25-15-19(11-14-24(25)34-17-18-9-12-21(13-10-18)29(31)32)16-27-28-26(30)23-8-4-6-20-5-2-3-7-22(20)23/h2-16H,17H2,1H3,(H,28,30). The van der Waals surface area contributed by atoms with Gasteiger partial charge in [-0.05, 0) is 58.3 Å². The molecule has 1 amide bonds. The van der Waals surface area contributed by atoms with Crippen LogP contribution in [-0.4, -0.2) is 24.2 Å². The first-order valence-corrected chi connectivity index (χ1v) is 10.4. The highest BCUT2D eigenvalue weighted by Gasteiger charge is 2.10. The second-order valence-electron chi connectivity index (χ2n) is 7.35. The van der Waals surface area contributed by atoms with Crippen LogP contribution < -0.4 is 14.9 Å². The Morgan fingerprint density at radius 1 is 1.00 bits per heavy atom. The maximum absolute atomic E-state index is 12.6. The molecule has 0 bridgehead atoms. The lowest BCUT2D eigenvalue weighted by molar-refractivity contribution is -0.384. The molecule has 0 saturated heterocycles. The molecular weight excluding hydrogens is 434 g/mol. The van der Waals surface area contributed by atoms with E-state index >= 15 is 0 Å². The van der Waals surface area contributed by atoms with E-state index in [4.69, 9.17) is 9.47 Å². The maximum Gasteiger partial charge on any atom is 0.271 e. The van der Waals surface area contributed by atoms with Crippen LogP contribution >= 0.6 is 0 Å². The number of carbonyl (C=O) groups excluding carboxylic acids is 1. The molecule has 0 aromatic heterocycles. The van der Waals surface area contributed by atoms with Gasteiger partial charge >= 0.3 is 0 Å². The average molecular weight is 455 g/mol. The number of hydrazone groups is 1. The number of nitrogens with one attached hydrogen (secondary N) is 1. The molecule has 4 aromatic rings. The van der Waals surface area contributed by atoms with Crippen LogP contribution in [0.25, 0.3) is 10.8 Å². The number of benzene rings is 4. The zero-order valence-electron chi connectivity index (χ0n) is 18.3. The molecule has 0 atom stereocenters. The molecule has 8 heteroatoms. The van der Waals surface area contributed by atoms with Crippen LogP contribution in [0, 0.1) is 10.1 Å². The number of rotatable bonds is 8. The van der Waals surface area contributed by atoms with Gasteiger partial charge in [0.1, 0.15) is 6.61 Å². The SMILES string of the molecule is COc1cc(C=NNC(=O)c2cccc3ccccc23)ccc1OCc1ccc([N+](=O)[O-])cc1. The first kappa shape index (κ1) is 22.5. The summed E-state index contributed by atoms with van der Waals surface area (Å²) in [5.74, 6) is 0.701. The summed E-state index contributed by atoms with van der Waals surface area (Å²) >= 11 is 0. The van der Waals surface area contributed by atoms with Crippen LogP contribution in [0.2, 0.25) is 0 Å². The van der Waals surface area contributed by atoms with E-state index in [1.165, 1.54) is 25.5 Å². The number of nitro benzene ring substituents is 1. The molecule has 0 aliphatic carbocycles. The third-order valence-electron chi connectivity index (χ3n) is 5.14. The smallest absolute Gasteiger partial charge is 0.271 e. The Morgan fingerprint density at radius 3 is 2.53 bits per heavy atom. The van der Waals surface area contributed by atoms with Gasteiger partial charge in [-0.2, -0.15) is 5.10 Å². The summed E-state index contributed by atoms with van der Waals surface area (Å²) in [6.45, 7) is 0.225. The Morgan fingerprint density at radius 2 is 1.76 bits per heavy atom. The molecule has 0 saturated carbocycles. The van der Waals surface area contributed by atoms with E-state index in [1.54, 1.807) is 36.4 Å². The molecule has 0 radical (unpaired) electrons. The lowest BCUT2D eigenvalue weighted by Gasteiger charge is -2.11. The van der Waals surface area contributed by atoms with Gasteiger partial charge in [-0.25, -0.2) is 5.43 Å². The number of hydrogen-bond donors (Lipinski definition) is 1. The maximum atomic E-state index is 12.6. The van der Waals surface area contributed by atoms with Crippen molar-refractivity contribution in [1.29, 1.82) is 0 Å². The van der Waals surface area contributed by atoms with E-state index in [-0.39, 0.29) is 18.2 Å². The van der Waals surface area contributed by atoms with E-state index in [9.17, 15) is 14.9 Å². The van der Waals surface area contributed by atoms with Crippen molar-refractivity contribution in [1.82, 2.24) is 5.43 Å². The molecule has 1 N–H and O–H groups in total. The van der Waals surface area contributed by atoms with Crippen LogP contribution in [0.5, 0.6) is 11.5 Å². The fourth-order valence-electron chi connectivity index (χ4n) is 3.41. The Balaban J connectivity index is 1.40. The van der Waals surface area contributed by atoms with Gasteiger partial charge in [0.15, 0.2) is 11.5 Å².